The number of amides is 2. The molecule has 0 bridgehead atoms. The van der Waals surface area contributed by atoms with E-state index < -0.39 is 59.8 Å². The number of rotatable bonds is 13. The first-order valence-corrected chi connectivity index (χ1v) is 16.9. The van der Waals surface area contributed by atoms with E-state index in [1.165, 1.54) is 87.4 Å². The number of halogens is 3. The van der Waals surface area contributed by atoms with Crippen LogP contribution in [0.3, 0.4) is 0 Å². The maximum atomic E-state index is 13.6. The zero-order valence-corrected chi connectivity index (χ0v) is 30.9. The number of hydrogen-bond donors (Lipinski definition) is 1. The van der Waals surface area contributed by atoms with Gasteiger partial charge in [-0.2, -0.15) is 13.2 Å². The molecule has 13 nitrogen and oxygen atoms in total. The minimum atomic E-state index is -4.54. The van der Waals surface area contributed by atoms with Gasteiger partial charge in [0.15, 0.2) is 0 Å². The van der Waals surface area contributed by atoms with E-state index in [9.17, 15) is 41.9 Å². The van der Waals surface area contributed by atoms with E-state index in [1.807, 2.05) is 0 Å². The summed E-state index contributed by atoms with van der Waals surface area (Å²) in [6.07, 6.45) is -6.07. The maximum absolute atomic E-state index is 13.6. The average molecular weight is 779 g/mol. The predicted molar refractivity (Wildman–Crippen MR) is 193 cm³/mol. The number of nitrogens with one attached hydrogen (secondary N) is 1. The number of alkyl halides is 3. The van der Waals surface area contributed by atoms with Crippen LogP contribution in [0.1, 0.15) is 58.2 Å². The van der Waals surface area contributed by atoms with E-state index >= 15 is 0 Å². The second-order valence-electron chi connectivity index (χ2n) is 12.0. The molecule has 4 aromatic rings. The van der Waals surface area contributed by atoms with Crippen molar-refractivity contribution in [3.8, 4) is 16.9 Å². The van der Waals surface area contributed by atoms with Gasteiger partial charge in [-0.3, -0.25) is 14.4 Å². The third-order valence-corrected chi connectivity index (χ3v) is 7.88. The van der Waals surface area contributed by atoms with Crippen LogP contribution in [0, 0.1) is 0 Å². The maximum Gasteiger partial charge on any atom is 0.510 e. The molecule has 0 radical (unpaired) electrons. The van der Waals surface area contributed by atoms with Crippen molar-refractivity contribution in [3.63, 3.8) is 0 Å². The molecule has 0 heterocycles. The van der Waals surface area contributed by atoms with Gasteiger partial charge in [0.1, 0.15) is 12.4 Å². The second-order valence-corrected chi connectivity index (χ2v) is 12.0. The number of hydrogen-bond acceptors (Lipinski definition) is 11. The summed E-state index contributed by atoms with van der Waals surface area (Å²) in [7, 11) is 2.93. The molecule has 2 amide bonds. The molecule has 294 valence electrons. The summed E-state index contributed by atoms with van der Waals surface area (Å²) in [6.45, 7) is 3.03. The lowest BCUT2D eigenvalue weighted by Gasteiger charge is -2.29. The predicted octanol–water partition coefficient (Wildman–Crippen LogP) is 6.93. The standard InChI is InChI=1S/C40H37F3N2O11/c1-6-52-36(49)39(37(50)53-7-2,28-11-10-12-29(22-28)55-24(3)46)56-38(51)54-23-25-15-20-33(32(21-25)35(48)45(4)5)44-34(47)31-14-9-8-13-30(31)26-16-18-27(19-17-26)40(41,42)43/h8-22H,6-7,23H2,1-5H3,(H,44,47). The van der Waals surface area contributed by atoms with Crippen molar-refractivity contribution in [2.45, 2.75) is 39.2 Å². The quantitative estimate of drug-likeness (QED) is 0.0648. The fourth-order valence-electron chi connectivity index (χ4n) is 5.34. The Kier molecular flexibility index (Phi) is 13.6. The van der Waals surface area contributed by atoms with E-state index in [4.69, 9.17) is 23.7 Å². The molecule has 0 spiro atoms. The third-order valence-electron chi connectivity index (χ3n) is 7.88. The molecule has 0 aromatic heterocycles. The van der Waals surface area contributed by atoms with Gasteiger partial charge in [-0.25, -0.2) is 14.4 Å². The first-order chi connectivity index (χ1) is 26.5. The Morgan fingerprint density at radius 1 is 0.714 bits per heavy atom. The fraction of sp³-hybridized carbons (Fsp3) is 0.250. The van der Waals surface area contributed by atoms with E-state index in [-0.39, 0.29) is 46.9 Å². The number of ether oxygens (including phenoxy) is 5. The van der Waals surface area contributed by atoms with Crippen LogP contribution in [0.2, 0.25) is 0 Å². The van der Waals surface area contributed by atoms with Crippen LogP contribution >= 0.6 is 0 Å². The summed E-state index contributed by atoms with van der Waals surface area (Å²) >= 11 is 0. The average Bonchev–Trinajstić information content (AvgIpc) is 3.15. The molecule has 0 aliphatic heterocycles. The van der Waals surface area contributed by atoms with Gasteiger partial charge < -0.3 is 33.9 Å². The Morgan fingerprint density at radius 3 is 1.95 bits per heavy atom. The summed E-state index contributed by atoms with van der Waals surface area (Å²) in [5.41, 5.74) is -2.95. The molecule has 4 aromatic carbocycles. The lowest BCUT2D eigenvalue weighted by molar-refractivity contribution is -0.188. The molecule has 4 rings (SSSR count). The Labute approximate surface area is 319 Å². The lowest BCUT2D eigenvalue weighted by atomic mass is 9.93. The Bertz CT molecular complexity index is 2100. The molecule has 16 heteroatoms. The monoisotopic (exact) mass is 778 g/mol. The minimum absolute atomic E-state index is 0.0282. The molecular formula is C40H37F3N2O11. The first kappa shape index (κ1) is 42.0. The fourth-order valence-corrected chi connectivity index (χ4v) is 5.34. The molecule has 0 atom stereocenters. The normalized spacial score (nSPS) is 11.1. The van der Waals surface area contributed by atoms with Crippen molar-refractivity contribution in [1.82, 2.24) is 4.90 Å². The largest absolute Gasteiger partial charge is 0.510 e. The van der Waals surface area contributed by atoms with Crippen LogP contribution in [0.5, 0.6) is 5.75 Å². The highest BCUT2D eigenvalue weighted by Crippen LogP contribution is 2.34. The van der Waals surface area contributed by atoms with Crippen LogP contribution in [0.15, 0.2) is 91.0 Å². The second kappa shape index (κ2) is 18.1. The van der Waals surface area contributed by atoms with Gasteiger partial charge in [0.05, 0.1) is 30.0 Å². The van der Waals surface area contributed by atoms with Crippen molar-refractivity contribution in [2.75, 3.05) is 32.6 Å². The van der Waals surface area contributed by atoms with Crippen molar-refractivity contribution in [3.05, 3.63) is 119 Å². The molecule has 0 saturated heterocycles. The minimum Gasteiger partial charge on any atom is -0.462 e. The lowest BCUT2D eigenvalue weighted by Crippen LogP contribution is -2.50. The van der Waals surface area contributed by atoms with Crippen LogP contribution in [-0.2, 0) is 51.7 Å². The Balaban J connectivity index is 1.62. The van der Waals surface area contributed by atoms with Crippen molar-refractivity contribution in [2.24, 2.45) is 0 Å². The van der Waals surface area contributed by atoms with E-state index in [0.717, 1.165) is 25.1 Å². The summed E-state index contributed by atoms with van der Waals surface area (Å²) in [4.78, 5) is 79.8. The van der Waals surface area contributed by atoms with Gasteiger partial charge in [-0.15, -0.1) is 0 Å². The highest BCUT2D eigenvalue weighted by Gasteiger charge is 2.56. The number of nitrogens with zero attached hydrogens (tertiary/aromatic N) is 1. The van der Waals surface area contributed by atoms with Gasteiger partial charge in [0, 0.05) is 32.1 Å². The van der Waals surface area contributed by atoms with Gasteiger partial charge in [-0.05, 0) is 73.0 Å². The van der Waals surface area contributed by atoms with Crippen LogP contribution in [-0.4, -0.2) is 68.1 Å². The smallest absolute Gasteiger partial charge is 0.462 e. The summed E-state index contributed by atoms with van der Waals surface area (Å²) < 4.78 is 65.5. The zero-order valence-electron chi connectivity index (χ0n) is 30.9. The molecule has 0 aliphatic rings. The van der Waals surface area contributed by atoms with E-state index in [0.29, 0.717) is 11.1 Å². The molecular weight excluding hydrogens is 741 g/mol. The Morgan fingerprint density at radius 2 is 1.36 bits per heavy atom. The molecule has 0 unspecified atom stereocenters. The number of anilines is 1. The molecule has 1 N–H and O–H groups in total. The number of esters is 3. The molecule has 0 aliphatic carbocycles. The van der Waals surface area contributed by atoms with Gasteiger partial charge in [-0.1, -0.05) is 48.5 Å². The van der Waals surface area contributed by atoms with Crippen LogP contribution < -0.4 is 10.1 Å². The van der Waals surface area contributed by atoms with Crippen molar-refractivity contribution < 1.29 is 65.6 Å². The highest BCUT2D eigenvalue weighted by atomic mass is 19.4. The van der Waals surface area contributed by atoms with Crippen LogP contribution in [0.25, 0.3) is 11.1 Å². The number of benzene rings is 4. The van der Waals surface area contributed by atoms with E-state index in [1.54, 1.807) is 18.2 Å². The van der Waals surface area contributed by atoms with Gasteiger partial charge in [0.25, 0.3) is 11.8 Å². The SMILES string of the molecule is CCOC(=O)C(OC(=O)OCc1ccc(NC(=O)c2ccccc2-c2ccc(C(F)(F)F)cc2)c(C(=O)N(C)C)c1)(C(=O)OCC)c1cccc(OC(C)=O)c1. The summed E-state index contributed by atoms with van der Waals surface area (Å²) in [6, 6.07) is 19.8. The summed E-state index contributed by atoms with van der Waals surface area (Å²) in [5.74, 6) is -4.67. The topological polar surface area (TPSA) is 164 Å². The van der Waals surface area contributed by atoms with E-state index in [2.05, 4.69) is 5.32 Å². The van der Waals surface area contributed by atoms with Gasteiger partial charge in [0.2, 0.25) is 0 Å². The van der Waals surface area contributed by atoms with Crippen LogP contribution in [0.4, 0.5) is 23.7 Å². The summed E-state index contributed by atoms with van der Waals surface area (Å²) in [5, 5.41) is 2.68. The van der Waals surface area contributed by atoms with Crippen molar-refractivity contribution in [1.29, 1.82) is 0 Å². The molecule has 0 saturated carbocycles. The zero-order chi connectivity index (χ0) is 41.2. The Hall–Kier alpha value is -6.71. The van der Waals surface area contributed by atoms with Gasteiger partial charge >= 0.3 is 35.8 Å². The highest BCUT2D eigenvalue weighted by molar-refractivity contribution is 6.12. The first-order valence-electron chi connectivity index (χ1n) is 16.9. The van der Waals surface area contributed by atoms with Crippen molar-refractivity contribution >= 4 is 41.6 Å². The third kappa shape index (κ3) is 9.88. The number of carbonyl (C=O) groups excluding carboxylic acids is 6. The number of carbonyl (C=O) groups is 6. The molecule has 0 fully saturated rings. The molecule has 56 heavy (non-hydrogen) atoms.